The fourth-order valence-electron chi connectivity index (χ4n) is 2.53. The van der Waals surface area contributed by atoms with Crippen LogP contribution >= 0.6 is 0 Å². The van der Waals surface area contributed by atoms with Crippen LogP contribution in [0.25, 0.3) is 0 Å². The number of hydrogen-bond donors (Lipinski definition) is 1. The molecule has 1 aliphatic rings. The number of ketones is 1. The molecular weight excluding hydrogens is 284 g/mol. The van der Waals surface area contributed by atoms with Gasteiger partial charge in [0.25, 0.3) is 11.7 Å². The summed E-state index contributed by atoms with van der Waals surface area (Å²) < 4.78 is 4.96. The van der Waals surface area contributed by atoms with Gasteiger partial charge >= 0.3 is 0 Å². The molecule has 1 saturated heterocycles. The number of nitrogens with one attached hydrogen (secondary N) is 1. The van der Waals surface area contributed by atoms with Crippen molar-refractivity contribution in [3.05, 3.63) is 42.7 Å². The number of hydrogen-bond acceptors (Lipinski definition) is 6. The van der Waals surface area contributed by atoms with Crippen molar-refractivity contribution < 1.29 is 14.0 Å². The lowest BCUT2D eigenvalue weighted by atomic mass is 10.1. The number of nitrogens with zero attached hydrogens (tertiary/aromatic N) is 3. The first-order valence-electron chi connectivity index (χ1n) is 7.13. The topological polar surface area (TPSA) is 88.3 Å². The molecule has 22 heavy (non-hydrogen) atoms. The fourth-order valence-corrected chi connectivity index (χ4v) is 2.53. The van der Waals surface area contributed by atoms with Crippen LogP contribution in [0.15, 0.2) is 41.4 Å². The number of piperidine rings is 1. The molecule has 0 bridgehead atoms. The third-order valence-electron chi connectivity index (χ3n) is 3.58. The van der Waals surface area contributed by atoms with Crippen molar-refractivity contribution in [1.82, 2.24) is 15.3 Å². The molecule has 0 radical (unpaired) electrons. The van der Waals surface area contributed by atoms with E-state index in [1.165, 1.54) is 12.3 Å². The summed E-state index contributed by atoms with van der Waals surface area (Å²) in [6, 6.07) is 2.97. The number of Topliss-reactive ketones (excluding diaryl/α,β-unsaturated/α-hetero) is 1. The quantitative estimate of drug-likeness (QED) is 0.670. The molecule has 0 aliphatic carbocycles. The molecule has 1 N–H and O–H groups in total. The summed E-state index contributed by atoms with van der Waals surface area (Å²) in [6.45, 7) is 1.47. The highest BCUT2D eigenvalue weighted by Crippen LogP contribution is 2.16. The van der Waals surface area contributed by atoms with Gasteiger partial charge in [-0.1, -0.05) is 0 Å². The number of carbonyl (C=O) groups is 2. The number of anilines is 1. The van der Waals surface area contributed by atoms with E-state index in [4.69, 9.17) is 4.42 Å². The molecule has 3 rings (SSSR count). The molecule has 1 amide bonds. The van der Waals surface area contributed by atoms with E-state index >= 15 is 0 Å². The summed E-state index contributed by atoms with van der Waals surface area (Å²) in [6.07, 6.45) is 8.06. The highest BCUT2D eigenvalue weighted by molar-refractivity contribution is 6.42. The second-order valence-electron chi connectivity index (χ2n) is 5.13. The van der Waals surface area contributed by atoms with Crippen LogP contribution in [0.5, 0.6) is 0 Å². The smallest absolute Gasteiger partial charge is 0.296 e. The number of furan rings is 1. The van der Waals surface area contributed by atoms with E-state index < -0.39 is 11.7 Å². The molecule has 2 aromatic heterocycles. The first kappa shape index (κ1) is 14.2. The third-order valence-corrected chi connectivity index (χ3v) is 3.58. The minimum absolute atomic E-state index is 0.0547. The van der Waals surface area contributed by atoms with Crippen LogP contribution in [-0.2, 0) is 4.79 Å². The second kappa shape index (κ2) is 6.38. The van der Waals surface area contributed by atoms with Gasteiger partial charge in [0.05, 0.1) is 12.5 Å². The SMILES string of the molecule is O=C(N[C@@H]1CCCN(c2cnccn2)C1)C(=O)c1ccco1. The third kappa shape index (κ3) is 3.13. The Labute approximate surface area is 127 Å². The van der Waals surface area contributed by atoms with Gasteiger partial charge < -0.3 is 14.6 Å². The molecule has 3 heterocycles. The number of rotatable bonds is 4. The van der Waals surface area contributed by atoms with E-state index in [0.717, 1.165) is 25.2 Å². The maximum atomic E-state index is 12.0. The molecule has 7 nitrogen and oxygen atoms in total. The fraction of sp³-hybridized carbons (Fsp3) is 0.333. The van der Waals surface area contributed by atoms with Crippen LogP contribution in [0.1, 0.15) is 23.4 Å². The number of carbonyl (C=O) groups excluding carboxylic acids is 2. The second-order valence-corrected chi connectivity index (χ2v) is 5.13. The van der Waals surface area contributed by atoms with Gasteiger partial charge in [-0.15, -0.1) is 0 Å². The molecule has 1 aliphatic heterocycles. The summed E-state index contributed by atoms with van der Waals surface area (Å²) in [5.41, 5.74) is 0. The Bertz CT molecular complexity index is 642. The maximum Gasteiger partial charge on any atom is 0.296 e. The van der Waals surface area contributed by atoms with Crippen molar-refractivity contribution in [2.75, 3.05) is 18.0 Å². The van der Waals surface area contributed by atoms with E-state index in [-0.39, 0.29) is 11.8 Å². The standard InChI is InChI=1S/C15H16N4O3/c20-14(12-4-2-8-22-12)15(21)18-11-3-1-7-19(10-11)13-9-16-5-6-17-13/h2,4-6,8-9,11H,1,3,7,10H2,(H,18,21)/t11-/m1/s1. The van der Waals surface area contributed by atoms with Crippen LogP contribution in [0.4, 0.5) is 5.82 Å². The monoisotopic (exact) mass is 300 g/mol. The van der Waals surface area contributed by atoms with Crippen molar-refractivity contribution in [2.24, 2.45) is 0 Å². The van der Waals surface area contributed by atoms with Crippen molar-refractivity contribution in [2.45, 2.75) is 18.9 Å². The molecule has 114 valence electrons. The highest BCUT2D eigenvalue weighted by Gasteiger charge is 2.26. The lowest BCUT2D eigenvalue weighted by Crippen LogP contribution is -2.49. The van der Waals surface area contributed by atoms with Gasteiger partial charge in [0.2, 0.25) is 0 Å². The molecule has 0 unspecified atom stereocenters. The molecule has 7 heteroatoms. The zero-order chi connectivity index (χ0) is 15.4. The summed E-state index contributed by atoms with van der Waals surface area (Å²) >= 11 is 0. The Morgan fingerprint density at radius 3 is 3.00 bits per heavy atom. The van der Waals surface area contributed by atoms with Crippen molar-refractivity contribution in [1.29, 1.82) is 0 Å². The van der Waals surface area contributed by atoms with Gasteiger partial charge in [0, 0.05) is 31.5 Å². The van der Waals surface area contributed by atoms with Crippen molar-refractivity contribution in [3.8, 4) is 0 Å². The predicted molar refractivity (Wildman–Crippen MR) is 78.4 cm³/mol. The zero-order valence-electron chi connectivity index (χ0n) is 11.9. The minimum atomic E-state index is -0.651. The van der Waals surface area contributed by atoms with Gasteiger partial charge in [-0.3, -0.25) is 14.6 Å². The lowest BCUT2D eigenvalue weighted by molar-refractivity contribution is -0.117. The largest absolute Gasteiger partial charge is 0.461 e. The van der Waals surface area contributed by atoms with E-state index in [1.807, 2.05) is 0 Å². The predicted octanol–water partition coefficient (Wildman–Crippen LogP) is 1.04. The van der Waals surface area contributed by atoms with Gasteiger partial charge in [0.1, 0.15) is 5.82 Å². The molecule has 1 fully saturated rings. The Balaban J connectivity index is 1.61. The van der Waals surface area contributed by atoms with Crippen LogP contribution in [0.2, 0.25) is 0 Å². The molecular formula is C15H16N4O3. The summed E-state index contributed by atoms with van der Waals surface area (Å²) in [5.74, 6) is -0.458. The molecule has 0 saturated carbocycles. The minimum Gasteiger partial charge on any atom is -0.461 e. The summed E-state index contributed by atoms with van der Waals surface area (Å²) in [5, 5.41) is 2.77. The van der Waals surface area contributed by atoms with Crippen molar-refractivity contribution >= 4 is 17.5 Å². The number of amides is 1. The zero-order valence-corrected chi connectivity index (χ0v) is 11.9. The van der Waals surface area contributed by atoms with E-state index in [2.05, 4.69) is 20.2 Å². The Morgan fingerprint density at radius 1 is 1.36 bits per heavy atom. The average molecular weight is 300 g/mol. The van der Waals surface area contributed by atoms with Gasteiger partial charge in [-0.2, -0.15) is 0 Å². The summed E-state index contributed by atoms with van der Waals surface area (Å²) in [4.78, 5) is 34.2. The molecule has 2 aromatic rings. The van der Waals surface area contributed by atoms with Gasteiger partial charge in [-0.25, -0.2) is 4.98 Å². The van der Waals surface area contributed by atoms with E-state index in [1.54, 1.807) is 24.7 Å². The molecule has 0 aromatic carbocycles. The van der Waals surface area contributed by atoms with Crippen LogP contribution in [0, 0.1) is 0 Å². The maximum absolute atomic E-state index is 12.0. The van der Waals surface area contributed by atoms with Gasteiger partial charge in [-0.05, 0) is 25.0 Å². The highest BCUT2D eigenvalue weighted by atomic mass is 16.3. The van der Waals surface area contributed by atoms with Crippen LogP contribution < -0.4 is 10.2 Å². The van der Waals surface area contributed by atoms with Crippen LogP contribution in [-0.4, -0.2) is 40.8 Å². The Kier molecular flexibility index (Phi) is 4.13. The van der Waals surface area contributed by atoms with E-state index in [9.17, 15) is 9.59 Å². The first-order valence-corrected chi connectivity index (χ1v) is 7.13. The summed E-state index contributed by atoms with van der Waals surface area (Å²) in [7, 11) is 0. The lowest BCUT2D eigenvalue weighted by Gasteiger charge is -2.33. The molecule has 1 atom stereocenters. The van der Waals surface area contributed by atoms with E-state index in [0.29, 0.717) is 6.54 Å². The van der Waals surface area contributed by atoms with Gasteiger partial charge in [0.15, 0.2) is 5.76 Å². The Hall–Kier alpha value is -2.70. The molecule has 0 spiro atoms. The first-order chi connectivity index (χ1) is 10.7. The normalized spacial score (nSPS) is 18.0. The van der Waals surface area contributed by atoms with Crippen molar-refractivity contribution in [3.63, 3.8) is 0 Å². The Morgan fingerprint density at radius 2 is 2.27 bits per heavy atom. The number of aromatic nitrogens is 2. The van der Waals surface area contributed by atoms with Crippen LogP contribution in [0.3, 0.4) is 0 Å². The average Bonchev–Trinajstić information content (AvgIpc) is 3.09.